The van der Waals surface area contributed by atoms with Gasteiger partial charge in [0.2, 0.25) is 0 Å². The van der Waals surface area contributed by atoms with E-state index in [9.17, 15) is 0 Å². The average Bonchev–Trinajstić information content (AvgIpc) is 2.48. The fourth-order valence-electron chi connectivity index (χ4n) is 1.14. The van der Waals surface area contributed by atoms with Crippen molar-refractivity contribution in [3.05, 3.63) is 30.1 Å². The zero-order valence-electron chi connectivity index (χ0n) is 8.38. The Bertz CT molecular complexity index is 275. The molecule has 0 saturated heterocycles. The van der Waals surface area contributed by atoms with Gasteiger partial charge in [0.15, 0.2) is 0 Å². The molecule has 1 heterocycles. The Hall–Kier alpha value is -1.09. The SMILES string of the molecule is C=C(CNCC)Cn1cc(C)cn1. The van der Waals surface area contributed by atoms with E-state index in [0.717, 1.165) is 25.2 Å². The molecule has 3 nitrogen and oxygen atoms in total. The molecule has 0 bridgehead atoms. The monoisotopic (exact) mass is 179 g/mol. The first kappa shape index (κ1) is 9.99. The zero-order valence-corrected chi connectivity index (χ0v) is 8.38. The zero-order chi connectivity index (χ0) is 9.68. The van der Waals surface area contributed by atoms with Gasteiger partial charge >= 0.3 is 0 Å². The van der Waals surface area contributed by atoms with Crippen LogP contribution in [0, 0.1) is 6.92 Å². The van der Waals surface area contributed by atoms with E-state index in [4.69, 9.17) is 0 Å². The number of aromatic nitrogens is 2. The van der Waals surface area contributed by atoms with Crippen molar-refractivity contribution in [1.29, 1.82) is 0 Å². The van der Waals surface area contributed by atoms with Gasteiger partial charge in [-0.2, -0.15) is 5.10 Å². The van der Waals surface area contributed by atoms with E-state index in [1.165, 1.54) is 5.56 Å². The molecule has 1 aromatic rings. The first-order valence-corrected chi connectivity index (χ1v) is 4.58. The van der Waals surface area contributed by atoms with E-state index >= 15 is 0 Å². The highest BCUT2D eigenvalue weighted by atomic mass is 15.3. The second-order valence-electron chi connectivity index (χ2n) is 3.25. The normalized spacial score (nSPS) is 10.3. The lowest BCUT2D eigenvalue weighted by Gasteiger charge is -2.05. The number of rotatable bonds is 5. The summed E-state index contributed by atoms with van der Waals surface area (Å²) in [6, 6.07) is 0. The standard InChI is InChI=1S/C10H17N3/c1-4-11-5-9(2)7-13-8-10(3)6-12-13/h6,8,11H,2,4-5,7H2,1,3H3. The molecule has 72 valence electrons. The Balaban J connectivity index is 2.36. The van der Waals surface area contributed by atoms with Crippen LogP contribution in [0.1, 0.15) is 12.5 Å². The highest BCUT2D eigenvalue weighted by Crippen LogP contribution is 1.98. The van der Waals surface area contributed by atoms with Gasteiger partial charge in [-0.15, -0.1) is 0 Å². The van der Waals surface area contributed by atoms with Crippen LogP contribution >= 0.6 is 0 Å². The second-order valence-corrected chi connectivity index (χ2v) is 3.25. The predicted octanol–water partition coefficient (Wildman–Crippen LogP) is 1.36. The van der Waals surface area contributed by atoms with Crippen LogP contribution in [0.25, 0.3) is 0 Å². The summed E-state index contributed by atoms with van der Waals surface area (Å²) in [4.78, 5) is 0. The van der Waals surface area contributed by atoms with Gasteiger partial charge in [0.25, 0.3) is 0 Å². The summed E-state index contributed by atoms with van der Waals surface area (Å²) in [5.41, 5.74) is 2.35. The molecular formula is C10H17N3. The van der Waals surface area contributed by atoms with Gasteiger partial charge in [-0.3, -0.25) is 4.68 Å². The van der Waals surface area contributed by atoms with Crippen LogP contribution in [0.3, 0.4) is 0 Å². The summed E-state index contributed by atoms with van der Waals surface area (Å²) >= 11 is 0. The molecule has 0 aliphatic carbocycles. The van der Waals surface area contributed by atoms with Crippen molar-refractivity contribution in [3.8, 4) is 0 Å². The molecule has 0 aliphatic heterocycles. The molecule has 0 radical (unpaired) electrons. The van der Waals surface area contributed by atoms with Crippen molar-refractivity contribution in [1.82, 2.24) is 15.1 Å². The van der Waals surface area contributed by atoms with E-state index in [1.54, 1.807) is 0 Å². The van der Waals surface area contributed by atoms with Crippen LogP contribution in [0.15, 0.2) is 24.5 Å². The van der Waals surface area contributed by atoms with Crippen molar-refractivity contribution < 1.29 is 0 Å². The fourth-order valence-corrected chi connectivity index (χ4v) is 1.14. The van der Waals surface area contributed by atoms with Gasteiger partial charge in [0.05, 0.1) is 12.7 Å². The van der Waals surface area contributed by atoms with E-state index in [1.807, 2.05) is 24.0 Å². The highest BCUT2D eigenvalue weighted by Gasteiger charge is 1.96. The lowest BCUT2D eigenvalue weighted by atomic mass is 10.3. The highest BCUT2D eigenvalue weighted by molar-refractivity contribution is 5.03. The maximum atomic E-state index is 4.19. The Morgan fingerprint density at radius 3 is 3.00 bits per heavy atom. The van der Waals surface area contributed by atoms with Gasteiger partial charge < -0.3 is 5.32 Å². The number of hydrogen-bond acceptors (Lipinski definition) is 2. The third kappa shape index (κ3) is 3.42. The topological polar surface area (TPSA) is 29.9 Å². The molecule has 0 fully saturated rings. The lowest BCUT2D eigenvalue weighted by Crippen LogP contribution is -2.18. The molecule has 3 heteroatoms. The molecule has 0 aliphatic rings. The van der Waals surface area contributed by atoms with E-state index in [0.29, 0.717) is 0 Å². The predicted molar refractivity (Wildman–Crippen MR) is 54.6 cm³/mol. The van der Waals surface area contributed by atoms with Crippen molar-refractivity contribution >= 4 is 0 Å². The summed E-state index contributed by atoms with van der Waals surface area (Å²) in [5, 5.41) is 7.43. The van der Waals surface area contributed by atoms with Crippen LogP contribution in [0.4, 0.5) is 0 Å². The van der Waals surface area contributed by atoms with Gasteiger partial charge in [0, 0.05) is 12.7 Å². The summed E-state index contributed by atoms with van der Waals surface area (Å²) in [6.45, 7) is 10.8. The summed E-state index contributed by atoms with van der Waals surface area (Å²) in [5.74, 6) is 0. The van der Waals surface area contributed by atoms with Gasteiger partial charge in [-0.1, -0.05) is 13.5 Å². The Kier molecular flexibility index (Phi) is 3.71. The molecule has 0 aromatic carbocycles. The molecule has 1 aromatic heterocycles. The third-order valence-corrected chi connectivity index (χ3v) is 1.77. The van der Waals surface area contributed by atoms with Crippen LogP contribution in [0.5, 0.6) is 0 Å². The molecule has 0 amide bonds. The first-order chi connectivity index (χ1) is 6.22. The minimum atomic E-state index is 0.806. The molecule has 1 rings (SSSR count). The van der Waals surface area contributed by atoms with Crippen molar-refractivity contribution in [2.24, 2.45) is 0 Å². The molecule has 1 N–H and O–H groups in total. The second kappa shape index (κ2) is 4.82. The molecule has 13 heavy (non-hydrogen) atoms. The maximum absolute atomic E-state index is 4.19. The van der Waals surface area contributed by atoms with Gasteiger partial charge in [-0.05, 0) is 24.6 Å². The van der Waals surface area contributed by atoms with Crippen LogP contribution in [0.2, 0.25) is 0 Å². The number of aryl methyl sites for hydroxylation is 1. The van der Waals surface area contributed by atoms with E-state index in [2.05, 4.69) is 23.9 Å². The van der Waals surface area contributed by atoms with Crippen molar-refractivity contribution in [3.63, 3.8) is 0 Å². The van der Waals surface area contributed by atoms with Crippen molar-refractivity contribution in [2.75, 3.05) is 13.1 Å². The number of nitrogens with zero attached hydrogens (tertiary/aromatic N) is 2. The summed E-state index contributed by atoms with van der Waals surface area (Å²) in [6.07, 6.45) is 3.89. The Morgan fingerprint density at radius 1 is 1.69 bits per heavy atom. The molecule has 0 spiro atoms. The molecule has 0 atom stereocenters. The van der Waals surface area contributed by atoms with E-state index < -0.39 is 0 Å². The third-order valence-electron chi connectivity index (χ3n) is 1.77. The first-order valence-electron chi connectivity index (χ1n) is 4.58. The van der Waals surface area contributed by atoms with Gasteiger partial charge in [-0.25, -0.2) is 0 Å². The Morgan fingerprint density at radius 2 is 2.46 bits per heavy atom. The van der Waals surface area contributed by atoms with Crippen LogP contribution in [-0.2, 0) is 6.54 Å². The Labute approximate surface area is 79.5 Å². The smallest absolute Gasteiger partial charge is 0.0629 e. The number of nitrogens with one attached hydrogen (secondary N) is 1. The quantitative estimate of drug-likeness (QED) is 0.692. The largest absolute Gasteiger partial charge is 0.313 e. The summed E-state index contributed by atoms with van der Waals surface area (Å²) < 4.78 is 1.91. The maximum Gasteiger partial charge on any atom is 0.0629 e. The van der Waals surface area contributed by atoms with Crippen molar-refractivity contribution in [2.45, 2.75) is 20.4 Å². The minimum absolute atomic E-state index is 0.806. The van der Waals surface area contributed by atoms with Crippen LogP contribution < -0.4 is 5.32 Å². The molecular weight excluding hydrogens is 162 g/mol. The number of hydrogen-bond donors (Lipinski definition) is 1. The number of likely N-dealkylation sites (N-methyl/N-ethyl adjacent to an activating group) is 1. The fraction of sp³-hybridized carbons (Fsp3) is 0.500. The summed E-state index contributed by atoms with van der Waals surface area (Å²) in [7, 11) is 0. The van der Waals surface area contributed by atoms with Gasteiger partial charge in [0.1, 0.15) is 0 Å². The lowest BCUT2D eigenvalue weighted by molar-refractivity contribution is 0.644. The minimum Gasteiger partial charge on any atom is -0.313 e. The molecule has 0 unspecified atom stereocenters. The molecule has 0 saturated carbocycles. The van der Waals surface area contributed by atoms with Crippen LogP contribution in [-0.4, -0.2) is 22.9 Å². The van der Waals surface area contributed by atoms with E-state index in [-0.39, 0.29) is 0 Å². The average molecular weight is 179 g/mol.